The molecule has 0 aromatic heterocycles. The molecule has 0 aromatic carbocycles. The third-order valence-electron chi connectivity index (χ3n) is 13.1. The first-order chi connectivity index (χ1) is 36.6. The molecule has 0 saturated heterocycles. The fourth-order valence-electron chi connectivity index (χ4n) is 8.42. The van der Waals surface area contributed by atoms with E-state index < -0.39 is 24.3 Å². The molecule has 432 valence electrons. The van der Waals surface area contributed by atoms with E-state index in [4.69, 9.17) is 18.9 Å². The Bertz CT molecular complexity index is 1500. The predicted octanol–water partition coefficient (Wildman–Crippen LogP) is 18.3. The molecular formula is C66H116NO8+. The molecule has 9 nitrogen and oxygen atoms in total. The Morgan fingerprint density at radius 2 is 0.760 bits per heavy atom. The molecular weight excluding hydrogens is 935 g/mol. The fraction of sp³-hybridized carbons (Fsp3) is 0.742. The Kier molecular flexibility index (Phi) is 54.0. The second kappa shape index (κ2) is 56.7. The van der Waals surface area contributed by atoms with Gasteiger partial charge in [0.05, 0.1) is 34.4 Å². The minimum absolute atomic E-state index is 0.178. The molecule has 0 rings (SSSR count). The van der Waals surface area contributed by atoms with Gasteiger partial charge in [0.1, 0.15) is 13.2 Å². The van der Waals surface area contributed by atoms with Crippen LogP contribution in [0.1, 0.15) is 258 Å². The lowest BCUT2D eigenvalue weighted by Gasteiger charge is -2.25. The van der Waals surface area contributed by atoms with Crippen molar-refractivity contribution in [1.29, 1.82) is 0 Å². The summed E-state index contributed by atoms with van der Waals surface area (Å²) in [5.41, 5.74) is 0. The Balaban J connectivity index is 4.17. The van der Waals surface area contributed by atoms with Crippen LogP contribution in [-0.2, 0) is 33.3 Å². The number of nitrogens with zero attached hydrogens (tertiary/aromatic N) is 1. The van der Waals surface area contributed by atoms with Gasteiger partial charge in [0.25, 0.3) is 6.29 Å². The zero-order valence-corrected chi connectivity index (χ0v) is 49.2. The Labute approximate surface area is 461 Å². The average Bonchev–Trinajstić information content (AvgIpc) is 3.38. The zero-order chi connectivity index (χ0) is 54.8. The molecule has 0 radical (unpaired) electrons. The summed E-state index contributed by atoms with van der Waals surface area (Å²) in [6.45, 7) is 4.73. The number of esters is 2. The fourth-order valence-corrected chi connectivity index (χ4v) is 8.42. The monoisotopic (exact) mass is 1050 g/mol. The number of allylic oxidation sites excluding steroid dienone is 14. The minimum atomic E-state index is -1.52. The van der Waals surface area contributed by atoms with Crippen LogP contribution in [0.4, 0.5) is 0 Å². The molecule has 0 aromatic rings. The van der Waals surface area contributed by atoms with Crippen LogP contribution < -0.4 is 0 Å². The number of carboxylic acid groups (broad SMARTS) is 1. The summed E-state index contributed by atoms with van der Waals surface area (Å²) in [4.78, 5) is 37.4. The number of ether oxygens (including phenoxy) is 4. The van der Waals surface area contributed by atoms with Gasteiger partial charge in [-0.1, -0.05) is 240 Å². The van der Waals surface area contributed by atoms with E-state index in [1.165, 1.54) is 148 Å². The summed E-state index contributed by atoms with van der Waals surface area (Å²) in [6, 6.07) is 0. The largest absolute Gasteiger partial charge is 0.477 e. The van der Waals surface area contributed by atoms with Gasteiger partial charge in [0.2, 0.25) is 0 Å². The van der Waals surface area contributed by atoms with Gasteiger partial charge in [-0.05, 0) is 89.9 Å². The number of unbranched alkanes of at least 4 members (excludes halogenated alkanes) is 27. The third-order valence-corrected chi connectivity index (χ3v) is 13.1. The first-order valence-corrected chi connectivity index (χ1v) is 30.8. The molecule has 0 aliphatic heterocycles. The van der Waals surface area contributed by atoms with Crippen molar-refractivity contribution in [2.45, 2.75) is 270 Å². The molecule has 0 aliphatic rings. The van der Waals surface area contributed by atoms with E-state index in [0.717, 1.165) is 77.0 Å². The molecule has 2 unspecified atom stereocenters. The van der Waals surface area contributed by atoms with Gasteiger partial charge >= 0.3 is 17.9 Å². The van der Waals surface area contributed by atoms with Crippen LogP contribution in [0.25, 0.3) is 0 Å². The van der Waals surface area contributed by atoms with E-state index in [1.54, 1.807) is 0 Å². The number of carboxylic acids is 1. The molecule has 0 amide bonds. The smallest absolute Gasteiger partial charge is 0.361 e. The Morgan fingerprint density at radius 3 is 1.15 bits per heavy atom. The highest BCUT2D eigenvalue weighted by Crippen LogP contribution is 2.16. The van der Waals surface area contributed by atoms with Crippen LogP contribution in [0.3, 0.4) is 0 Å². The summed E-state index contributed by atoms with van der Waals surface area (Å²) >= 11 is 0. The van der Waals surface area contributed by atoms with Gasteiger partial charge in [0, 0.05) is 12.8 Å². The molecule has 0 saturated carbocycles. The van der Waals surface area contributed by atoms with Gasteiger partial charge in [-0.25, -0.2) is 4.79 Å². The van der Waals surface area contributed by atoms with Gasteiger partial charge < -0.3 is 28.5 Å². The number of carbonyl (C=O) groups excluding carboxylic acids is 2. The molecule has 0 spiro atoms. The lowest BCUT2D eigenvalue weighted by Crippen LogP contribution is -2.40. The first-order valence-electron chi connectivity index (χ1n) is 30.8. The minimum Gasteiger partial charge on any atom is -0.477 e. The van der Waals surface area contributed by atoms with E-state index in [2.05, 4.69) is 98.9 Å². The van der Waals surface area contributed by atoms with Gasteiger partial charge in [-0.15, -0.1) is 0 Å². The topological polar surface area (TPSA) is 108 Å². The van der Waals surface area contributed by atoms with Crippen molar-refractivity contribution < 1.29 is 42.9 Å². The summed E-state index contributed by atoms with van der Waals surface area (Å²) in [5.74, 6) is -2.05. The summed E-state index contributed by atoms with van der Waals surface area (Å²) < 4.78 is 22.9. The van der Waals surface area contributed by atoms with E-state index in [9.17, 15) is 19.5 Å². The number of hydrogen-bond acceptors (Lipinski definition) is 7. The summed E-state index contributed by atoms with van der Waals surface area (Å²) in [5, 5.41) is 9.71. The highest BCUT2D eigenvalue weighted by molar-refractivity contribution is 5.71. The number of rotatable bonds is 56. The quantitative estimate of drug-likeness (QED) is 0.0211. The normalized spacial score (nSPS) is 13.3. The molecule has 0 aliphatic carbocycles. The summed E-state index contributed by atoms with van der Waals surface area (Å²) in [7, 11) is 5.96. The Morgan fingerprint density at radius 1 is 0.413 bits per heavy atom. The van der Waals surface area contributed by atoms with E-state index in [1.807, 2.05) is 21.1 Å². The van der Waals surface area contributed by atoms with Crippen LogP contribution in [0.2, 0.25) is 0 Å². The highest BCUT2D eigenvalue weighted by Gasteiger charge is 2.25. The van der Waals surface area contributed by atoms with Gasteiger partial charge in [0.15, 0.2) is 6.10 Å². The van der Waals surface area contributed by atoms with Crippen molar-refractivity contribution in [3.63, 3.8) is 0 Å². The lowest BCUT2D eigenvalue weighted by atomic mass is 10.0. The number of carbonyl (C=O) groups is 3. The number of quaternary nitrogens is 1. The van der Waals surface area contributed by atoms with Crippen molar-refractivity contribution in [3.05, 3.63) is 85.1 Å². The third kappa shape index (κ3) is 58.0. The van der Waals surface area contributed by atoms with E-state index in [-0.39, 0.29) is 32.2 Å². The van der Waals surface area contributed by atoms with Crippen molar-refractivity contribution in [1.82, 2.24) is 0 Å². The number of hydrogen-bond donors (Lipinski definition) is 1. The molecule has 0 heterocycles. The molecule has 75 heavy (non-hydrogen) atoms. The first kappa shape index (κ1) is 71.5. The maximum atomic E-state index is 12.9. The summed E-state index contributed by atoms with van der Waals surface area (Å²) in [6.07, 6.45) is 72.5. The standard InChI is InChI=1S/C66H115NO8/c1-6-8-10-12-14-16-18-20-22-24-26-27-28-29-30-31-32-33-34-35-36-37-39-40-42-44-46-48-50-52-54-56-63(68)73-60-62(61-74-66(65(70)71)72-59-58-67(3,4)5)75-64(69)57-55-53-51-49-47-45-43-41-38-25-23-21-19-17-15-13-11-9-7-2/h9,11,15,17-18,20-21,23-24,26,38,41,45,47,62,66H,6-8,10,12-14,16,19,22,25,27-37,39-40,42-44,46,48-61H2,1-5H3/p+1/b11-9-,17-15-,20-18-,23-21-,26-24-,41-38-,47-45-. The molecule has 0 fully saturated rings. The van der Waals surface area contributed by atoms with Crippen LogP contribution in [0.5, 0.6) is 0 Å². The van der Waals surface area contributed by atoms with Crippen molar-refractivity contribution in [3.8, 4) is 0 Å². The van der Waals surface area contributed by atoms with Crippen LogP contribution >= 0.6 is 0 Å². The lowest BCUT2D eigenvalue weighted by molar-refractivity contribution is -0.870. The SMILES string of the molecule is CC/C=C\C/C=C\C/C=C\C/C=C\C/C=C\CCCCCC(=O)OC(COC(=O)CCCCCCCCCCCCCCCCCCCCC/C=C\C/C=C\CCCCCCC)COC(OCC[N+](C)(C)C)C(=O)O. The predicted molar refractivity (Wildman–Crippen MR) is 318 cm³/mol. The van der Waals surface area contributed by atoms with Gasteiger partial charge in [-0.2, -0.15) is 0 Å². The number of aliphatic carboxylic acids is 1. The Hall–Kier alpha value is -3.53. The second-order valence-electron chi connectivity index (χ2n) is 21.6. The van der Waals surface area contributed by atoms with Crippen LogP contribution in [0.15, 0.2) is 85.1 Å². The van der Waals surface area contributed by atoms with Gasteiger partial charge in [-0.3, -0.25) is 9.59 Å². The second-order valence-corrected chi connectivity index (χ2v) is 21.6. The van der Waals surface area contributed by atoms with Crippen LogP contribution in [-0.4, -0.2) is 87.4 Å². The van der Waals surface area contributed by atoms with Crippen molar-refractivity contribution in [2.75, 3.05) is 47.5 Å². The maximum Gasteiger partial charge on any atom is 0.361 e. The van der Waals surface area contributed by atoms with Crippen molar-refractivity contribution in [2.24, 2.45) is 0 Å². The van der Waals surface area contributed by atoms with Crippen molar-refractivity contribution >= 4 is 17.9 Å². The molecule has 0 bridgehead atoms. The molecule has 9 heteroatoms. The maximum absolute atomic E-state index is 12.9. The number of likely N-dealkylation sites (N-methyl/N-ethyl adjacent to an activating group) is 1. The molecule has 2 atom stereocenters. The average molecular weight is 1050 g/mol. The highest BCUT2D eigenvalue weighted by atomic mass is 16.7. The van der Waals surface area contributed by atoms with E-state index in [0.29, 0.717) is 23.9 Å². The molecule has 1 N–H and O–H groups in total. The zero-order valence-electron chi connectivity index (χ0n) is 49.2. The van der Waals surface area contributed by atoms with Crippen LogP contribution in [0, 0.1) is 0 Å². The van der Waals surface area contributed by atoms with E-state index >= 15 is 0 Å².